The van der Waals surface area contributed by atoms with Gasteiger partial charge in [0.25, 0.3) is 0 Å². The van der Waals surface area contributed by atoms with Crippen LogP contribution in [-0.2, 0) is 9.59 Å². The molecule has 0 radical (unpaired) electrons. The summed E-state index contributed by atoms with van der Waals surface area (Å²) < 4.78 is 0. The van der Waals surface area contributed by atoms with Crippen LogP contribution in [0.15, 0.2) is 0 Å². The van der Waals surface area contributed by atoms with Gasteiger partial charge in [0.1, 0.15) is 8.07 Å². The highest BCUT2D eigenvalue weighted by Crippen LogP contribution is 2.07. The van der Waals surface area contributed by atoms with Gasteiger partial charge in [-0.05, 0) is 11.8 Å². The van der Waals surface area contributed by atoms with Crippen LogP contribution in [-0.4, -0.2) is 24.9 Å². The van der Waals surface area contributed by atoms with Crippen LogP contribution in [0.4, 0.5) is 0 Å². The lowest BCUT2D eigenvalue weighted by atomic mass is 10.0. The quantitative estimate of drug-likeness (QED) is 0.588. The minimum absolute atomic E-state index is 0.0281. The van der Waals surface area contributed by atoms with E-state index in [2.05, 4.69) is 31.1 Å². The Morgan fingerprint density at radius 1 is 1.27 bits per heavy atom. The van der Waals surface area contributed by atoms with E-state index in [1.807, 2.05) is 0 Å². The second-order valence-electron chi connectivity index (χ2n) is 4.83. The molecule has 0 aliphatic carbocycles. The summed E-state index contributed by atoms with van der Waals surface area (Å²) in [5, 5.41) is 8.52. The molecular formula is C11H18O3Si. The number of carboxylic acid groups (broad SMARTS) is 1. The molecule has 0 rings (SSSR count). The number of carbonyl (C=O) groups is 2. The molecule has 0 fully saturated rings. The van der Waals surface area contributed by atoms with E-state index >= 15 is 0 Å². The van der Waals surface area contributed by atoms with E-state index in [0.717, 1.165) is 0 Å². The number of carboxylic acids is 1. The second kappa shape index (κ2) is 5.71. The van der Waals surface area contributed by atoms with Crippen molar-refractivity contribution in [3.8, 4) is 11.5 Å². The lowest BCUT2D eigenvalue weighted by Crippen LogP contribution is -2.17. The van der Waals surface area contributed by atoms with Gasteiger partial charge in [0.2, 0.25) is 5.78 Å². The van der Waals surface area contributed by atoms with Gasteiger partial charge in [-0.3, -0.25) is 9.59 Å². The summed E-state index contributed by atoms with van der Waals surface area (Å²) in [5.74, 6) is 1.46. The van der Waals surface area contributed by atoms with Crippen LogP contribution in [0.3, 0.4) is 0 Å². The van der Waals surface area contributed by atoms with Crippen molar-refractivity contribution in [3.63, 3.8) is 0 Å². The first-order valence-electron chi connectivity index (χ1n) is 4.98. The largest absolute Gasteiger partial charge is 0.481 e. The fourth-order valence-corrected chi connectivity index (χ4v) is 1.51. The van der Waals surface area contributed by atoms with E-state index in [4.69, 9.17) is 5.11 Å². The number of ketones is 1. The van der Waals surface area contributed by atoms with E-state index in [1.165, 1.54) is 0 Å². The smallest absolute Gasteiger partial charge is 0.303 e. The third-order valence-electron chi connectivity index (χ3n) is 1.63. The van der Waals surface area contributed by atoms with E-state index in [9.17, 15) is 9.59 Å². The maximum atomic E-state index is 11.3. The van der Waals surface area contributed by atoms with Crippen molar-refractivity contribution in [3.05, 3.63) is 0 Å². The zero-order valence-corrected chi connectivity index (χ0v) is 10.8. The van der Waals surface area contributed by atoms with Crippen molar-refractivity contribution in [1.82, 2.24) is 0 Å². The predicted molar refractivity (Wildman–Crippen MR) is 62.2 cm³/mol. The van der Waals surface area contributed by atoms with Crippen molar-refractivity contribution < 1.29 is 14.7 Å². The maximum Gasteiger partial charge on any atom is 0.303 e. The van der Waals surface area contributed by atoms with Crippen LogP contribution < -0.4 is 0 Å². The van der Waals surface area contributed by atoms with Gasteiger partial charge in [0.15, 0.2) is 0 Å². The molecule has 1 atom stereocenters. The van der Waals surface area contributed by atoms with E-state index in [1.54, 1.807) is 6.92 Å². The lowest BCUT2D eigenvalue weighted by Gasteiger charge is -2.05. The van der Waals surface area contributed by atoms with Gasteiger partial charge in [-0.2, -0.15) is 0 Å². The van der Waals surface area contributed by atoms with E-state index < -0.39 is 14.0 Å². The number of Topliss-reactive ketones (excluding diaryl/α,β-unsaturated/α-hetero) is 1. The van der Waals surface area contributed by atoms with Crippen molar-refractivity contribution >= 4 is 19.8 Å². The summed E-state index contributed by atoms with van der Waals surface area (Å²) in [5.41, 5.74) is 2.97. The third kappa shape index (κ3) is 9.23. The van der Waals surface area contributed by atoms with Crippen LogP contribution >= 0.6 is 0 Å². The van der Waals surface area contributed by atoms with Crippen molar-refractivity contribution in [2.75, 3.05) is 0 Å². The van der Waals surface area contributed by atoms with Crippen LogP contribution in [0.2, 0.25) is 19.6 Å². The summed E-state index contributed by atoms with van der Waals surface area (Å²) in [4.78, 5) is 21.7. The number of hydrogen-bond acceptors (Lipinski definition) is 2. The normalized spacial score (nSPS) is 12.5. The van der Waals surface area contributed by atoms with Crippen molar-refractivity contribution in [2.24, 2.45) is 5.92 Å². The molecule has 0 saturated carbocycles. The Morgan fingerprint density at radius 2 is 1.80 bits per heavy atom. The van der Waals surface area contributed by atoms with Crippen LogP contribution in [0.1, 0.15) is 19.8 Å². The Bertz CT molecular complexity index is 304. The molecule has 0 aromatic carbocycles. The van der Waals surface area contributed by atoms with Crippen LogP contribution in [0.5, 0.6) is 0 Å². The summed E-state index contributed by atoms with van der Waals surface area (Å²) in [6, 6.07) is 0. The number of aliphatic carboxylic acids is 1. The van der Waals surface area contributed by atoms with E-state index in [0.29, 0.717) is 0 Å². The SMILES string of the molecule is CC(CC(=O)O)CC(=O)C#C[Si](C)(C)C. The first-order valence-corrected chi connectivity index (χ1v) is 8.48. The molecule has 15 heavy (non-hydrogen) atoms. The molecule has 0 aliphatic heterocycles. The first kappa shape index (κ1) is 13.9. The molecular weight excluding hydrogens is 208 g/mol. The van der Waals surface area contributed by atoms with Gasteiger partial charge in [-0.1, -0.05) is 26.6 Å². The average molecular weight is 226 g/mol. The zero-order valence-electron chi connectivity index (χ0n) is 9.76. The molecule has 1 unspecified atom stereocenters. The van der Waals surface area contributed by atoms with Gasteiger partial charge < -0.3 is 5.11 Å². The first-order chi connectivity index (χ1) is 6.70. The highest BCUT2D eigenvalue weighted by atomic mass is 28.3. The fraction of sp³-hybridized carbons (Fsp3) is 0.636. The Labute approximate surface area is 91.9 Å². The lowest BCUT2D eigenvalue weighted by molar-refractivity contribution is -0.138. The molecule has 0 aromatic rings. The van der Waals surface area contributed by atoms with E-state index in [-0.39, 0.29) is 24.5 Å². The van der Waals surface area contributed by atoms with Crippen LogP contribution in [0.25, 0.3) is 0 Å². The number of hydrogen-bond donors (Lipinski definition) is 1. The molecule has 1 N–H and O–H groups in total. The summed E-state index contributed by atoms with van der Waals surface area (Å²) in [6.07, 6.45) is 0.268. The molecule has 0 heterocycles. The van der Waals surface area contributed by atoms with Gasteiger partial charge in [0.05, 0.1) is 0 Å². The maximum absolute atomic E-state index is 11.3. The molecule has 0 saturated heterocycles. The molecule has 0 bridgehead atoms. The van der Waals surface area contributed by atoms with Gasteiger partial charge >= 0.3 is 5.97 Å². The molecule has 3 nitrogen and oxygen atoms in total. The fourth-order valence-electron chi connectivity index (χ4n) is 0.995. The minimum atomic E-state index is -1.50. The Hall–Kier alpha value is -1.08. The van der Waals surface area contributed by atoms with Crippen LogP contribution in [0, 0.1) is 17.4 Å². The number of rotatable bonds is 4. The zero-order chi connectivity index (χ0) is 12.1. The average Bonchev–Trinajstić information content (AvgIpc) is 1.97. The molecule has 84 valence electrons. The van der Waals surface area contributed by atoms with Crippen molar-refractivity contribution in [2.45, 2.75) is 39.4 Å². The monoisotopic (exact) mass is 226 g/mol. The van der Waals surface area contributed by atoms with Gasteiger partial charge in [-0.25, -0.2) is 0 Å². The third-order valence-corrected chi connectivity index (χ3v) is 2.51. The molecule has 4 heteroatoms. The standard InChI is InChI=1S/C11H18O3Si/c1-9(8-11(13)14)7-10(12)5-6-15(2,3)4/h9H,7-8H2,1-4H3,(H,13,14). The van der Waals surface area contributed by atoms with Gasteiger partial charge in [0, 0.05) is 12.8 Å². The summed E-state index contributed by atoms with van der Waals surface area (Å²) in [6.45, 7) is 7.94. The molecule has 0 amide bonds. The molecule has 0 spiro atoms. The molecule has 0 aliphatic rings. The minimum Gasteiger partial charge on any atom is -0.481 e. The molecule has 0 aromatic heterocycles. The highest BCUT2D eigenvalue weighted by Gasteiger charge is 2.12. The van der Waals surface area contributed by atoms with Gasteiger partial charge in [-0.15, -0.1) is 5.54 Å². The Kier molecular flexibility index (Phi) is 5.30. The summed E-state index contributed by atoms with van der Waals surface area (Å²) in [7, 11) is -1.50. The predicted octanol–water partition coefficient (Wildman–Crippen LogP) is 1.94. The second-order valence-corrected chi connectivity index (χ2v) is 9.58. The Morgan fingerprint density at radius 3 is 2.20 bits per heavy atom. The highest BCUT2D eigenvalue weighted by molar-refractivity contribution is 6.84. The topological polar surface area (TPSA) is 54.4 Å². The summed E-state index contributed by atoms with van der Waals surface area (Å²) >= 11 is 0. The van der Waals surface area contributed by atoms with Crippen molar-refractivity contribution in [1.29, 1.82) is 0 Å². The Balaban J connectivity index is 4.14. The number of carbonyl (C=O) groups excluding carboxylic acids is 1.